The van der Waals surface area contributed by atoms with E-state index in [0.29, 0.717) is 29.3 Å². The molecule has 7 nitrogen and oxygen atoms in total. The zero-order chi connectivity index (χ0) is 23.8. The fourth-order valence-corrected chi connectivity index (χ4v) is 4.73. The van der Waals surface area contributed by atoms with Crippen LogP contribution in [-0.2, 0) is 16.4 Å². The first kappa shape index (κ1) is 22.7. The third-order valence-electron chi connectivity index (χ3n) is 5.30. The van der Waals surface area contributed by atoms with Crippen molar-refractivity contribution in [2.45, 2.75) is 37.0 Å². The number of halogens is 1. The third kappa shape index (κ3) is 4.41. The first-order chi connectivity index (χ1) is 15.6. The van der Waals surface area contributed by atoms with Gasteiger partial charge in [-0.3, -0.25) is 4.40 Å². The van der Waals surface area contributed by atoms with Gasteiger partial charge >= 0.3 is 0 Å². The number of pyridine rings is 2. The minimum atomic E-state index is -3.72. The van der Waals surface area contributed by atoms with Gasteiger partial charge in [-0.15, -0.1) is 0 Å². The van der Waals surface area contributed by atoms with Crippen molar-refractivity contribution in [1.82, 2.24) is 14.4 Å². The third-order valence-corrected chi connectivity index (χ3v) is 7.79. The van der Waals surface area contributed by atoms with Crippen molar-refractivity contribution in [2.75, 3.05) is 12.4 Å². The summed E-state index contributed by atoms with van der Waals surface area (Å²) in [5.74, 6) is -0.0883. The van der Waals surface area contributed by atoms with E-state index in [-0.39, 0.29) is 10.6 Å². The Morgan fingerprint density at radius 3 is 2.52 bits per heavy atom. The number of ether oxygens (including phenoxy) is 1. The molecule has 0 unspecified atom stereocenters. The molecule has 4 rings (SSSR count). The van der Waals surface area contributed by atoms with Crippen molar-refractivity contribution < 1.29 is 17.5 Å². The minimum absolute atomic E-state index is 0.0428. The van der Waals surface area contributed by atoms with Gasteiger partial charge in [-0.25, -0.2) is 18.4 Å². The molecule has 0 fully saturated rings. The zero-order valence-corrected chi connectivity index (χ0v) is 19.6. The smallest absolute Gasteiger partial charge is 0.215 e. The lowest BCUT2D eigenvalue weighted by Crippen LogP contribution is -2.28. The molecule has 1 N–H and O–H groups in total. The zero-order valence-electron chi connectivity index (χ0n) is 18.8. The molecule has 33 heavy (non-hydrogen) atoms. The molecule has 0 amide bonds. The number of imidazole rings is 1. The van der Waals surface area contributed by atoms with Gasteiger partial charge in [0.1, 0.15) is 22.1 Å². The molecule has 0 atom stereocenters. The number of hydrogen-bond donors (Lipinski definition) is 1. The number of sulfone groups is 1. The van der Waals surface area contributed by atoms with Crippen molar-refractivity contribution in [3.63, 3.8) is 0 Å². The number of rotatable bonds is 6. The number of aromatic nitrogens is 3. The monoisotopic (exact) mass is 468 g/mol. The molecule has 1 aromatic carbocycles. The van der Waals surface area contributed by atoms with Crippen molar-refractivity contribution >= 4 is 21.3 Å². The first-order valence-corrected chi connectivity index (χ1v) is 11.8. The first-order valence-electron chi connectivity index (χ1n) is 10.4. The molecule has 0 bridgehead atoms. The molecule has 9 heteroatoms. The molecular formula is C24H25FN4O3S. The fourth-order valence-electron chi connectivity index (χ4n) is 3.42. The summed E-state index contributed by atoms with van der Waals surface area (Å²) < 4.78 is 46.7. The largest absolute Gasteiger partial charge is 0.495 e. The van der Waals surface area contributed by atoms with Crippen LogP contribution in [0.15, 0.2) is 65.8 Å². The SMILES string of the molecule is COc1cc2ncc(-c3cc(F)nc(NCc4ccccc4)c3)n2cc1S(=O)(=O)C(C)(C)C. The molecule has 0 radical (unpaired) electrons. The van der Waals surface area contributed by atoms with Crippen molar-refractivity contribution in [2.24, 2.45) is 0 Å². The summed E-state index contributed by atoms with van der Waals surface area (Å²) in [6.45, 7) is 5.37. The van der Waals surface area contributed by atoms with Crippen LogP contribution in [0.25, 0.3) is 16.9 Å². The van der Waals surface area contributed by atoms with Crippen LogP contribution in [0.2, 0.25) is 0 Å². The van der Waals surface area contributed by atoms with Crippen molar-refractivity contribution in [3.8, 4) is 17.0 Å². The molecule has 0 aliphatic carbocycles. The van der Waals surface area contributed by atoms with Crippen molar-refractivity contribution in [3.05, 3.63) is 72.4 Å². The molecule has 172 valence electrons. The summed E-state index contributed by atoms with van der Waals surface area (Å²) in [7, 11) is -2.30. The van der Waals surface area contributed by atoms with E-state index in [2.05, 4.69) is 15.3 Å². The minimum Gasteiger partial charge on any atom is -0.495 e. The number of nitrogens with zero attached hydrogens (tertiary/aromatic N) is 3. The Hall–Kier alpha value is -3.46. The maximum Gasteiger partial charge on any atom is 0.215 e. The predicted molar refractivity (Wildman–Crippen MR) is 126 cm³/mol. The van der Waals surface area contributed by atoms with Gasteiger partial charge in [0.15, 0.2) is 9.84 Å². The van der Waals surface area contributed by atoms with Crippen LogP contribution in [0, 0.1) is 5.95 Å². The van der Waals surface area contributed by atoms with Crippen LogP contribution >= 0.6 is 0 Å². The number of hydrogen-bond acceptors (Lipinski definition) is 6. The lowest BCUT2D eigenvalue weighted by Gasteiger charge is -2.21. The van der Waals surface area contributed by atoms with Gasteiger partial charge in [0.05, 0.1) is 23.7 Å². The summed E-state index contributed by atoms with van der Waals surface area (Å²) in [4.78, 5) is 8.34. The van der Waals surface area contributed by atoms with Gasteiger partial charge < -0.3 is 10.1 Å². The van der Waals surface area contributed by atoms with Crippen LogP contribution in [0.3, 0.4) is 0 Å². The highest BCUT2D eigenvalue weighted by Crippen LogP contribution is 2.34. The maximum atomic E-state index is 14.4. The average Bonchev–Trinajstić information content (AvgIpc) is 3.19. The summed E-state index contributed by atoms with van der Waals surface area (Å²) in [6, 6.07) is 14.3. The van der Waals surface area contributed by atoms with E-state index in [9.17, 15) is 12.8 Å². The van der Waals surface area contributed by atoms with E-state index in [1.54, 1.807) is 43.5 Å². The van der Waals surface area contributed by atoms with Gasteiger partial charge in [0, 0.05) is 30.4 Å². The van der Waals surface area contributed by atoms with E-state index in [4.69, 9.17) is 4.74 Å². The van der Waals surface area contributed by atoms with Gasteiger partial charge in [0.2, 0.25) is 5.95 Å². The van der Waals surface area contributed by atoms with Crippen LogP contribution in [0.4, 0.5) is 10.2 Å². The lowest BCUT2D eigenvalue weighted by atomic mass is 10.2. The van der Waals surface area contributed by atoms with Gasteiger partial charge in [-0.05, 0) is 32.4 Å². The summed E-state index contributed by atoms with van der Waals surface area (Å²) in [5, 5.41) is 3.13. The lowest BCUT2D eigenvalue weighted by molar-refractivity contribution is 0.401. The Morgan fingerprint density at radius 2 is 1.85 bits per heavy atom. The standard InChI is InChI=1S/C24H25FN4O3S/c1-24(2,3)33(30,31)20-15-29-18(14-27-23(29)12-19(20)32-4)17-10-21(25)28-22(11-17)26-13-16-8-6-5-7-9-16/h5-12,14-15H,13H2,1-4H3,(H,26,28). The second-order valence-electron chi connectivity index (χ2n) is 8.60. The molecule has 3 aromatic heterocycles. The van der Waals surface area contributed by atoms with E-state index in [1.807, 2.05) is 30.3 Å². The number of nitrogens with one attached hydrogen (secondary N) is 1. The molecular weight excluding hydrogens is 443 g/mol. The van der Waals surface area contributed by atoms with Crippen LogP contribution in [0.5, 0.6) is 5.75 Å². The average molecular weight is 469 g/mol. The van der Waals surface area contributed by atoms with E-state index in [1.165, 1.54) is 19.4 Å². The molecule has 3 heterocycles. The number of fused-ring (bicyclic) bond motifs is 1. The number of benzene rings is 1. The topological polar surface area (TPSA) is 85.6 Å². The van der Waals surface area contributed by atoms with Gasteiger partial charge in [-0.1, -0.05) is 30.3 Å². The molecule has 0 aliphatic rings. The highest BCUT2D eigenvalue weighted by molar-refractivity contribution is 7.92. The maximum absolute atomic E-state index is 14.4. The Kier molecular flexibility index (Phi) is 5.84. The summed E-state index contributed by atoms with van der Waals surface area (Å²) >= 11 is 0. The van der Waals surface area contributed by atoms with E-state index >= 15 is 0 Å². The van der Waals surface area contributed by atoms with E-state index < -0.39 is 20.5 Å². The number of anilines is 1. The molecule has 0 spiro atoms. The molecule has 0 saturated carbocycles. The summed E-state index contributed by atoms with van der Waals surface area (Å²) in [5.41, 5.74) is 2.55. The molecule has 0 aliphatic heterocycles. The Morgan fingerprint density at radius 1 is 1.12 bits per heavy atom. The summed E-state index contributed by atoms with van der Waals surface area (Å²) in [6.07, 6.45) is 3.05. The number of methoxy groups -OCH3 is 1. The quantitative estimate of drug-likeness (QED) is 0.412. The molecule has 0 saturated heterocycles. The highest BCUT2D eigenvalue weighted by atomic mass is 32.2. The van der Waals surface area contributed by atoms with Crippen LogP contribution < -0.4 is 10.1 Å². The van der Waals surface area contributed by atoms with Crippen LogP contribution in [-0.4, -0.2) is 34.6 Å². The predicted octanol–water partition coefficient (Wildman–Crippen LogP) is 4.73. The molecule has 4 aromatic rings. The highest BCUT2D eigenvalue weighted by Gasteiger charge is 2.34. The Balaban J connectivity index is 1.79. The Labute approximate surface area is 192 Å². The Bertz CT molecular complexity index is 1410. The second-order valence-corrected chi connectivity index (χ2v) is 11.3. The van der Waals surface area contributed by atoms with Gasteiger partial charge in [-0.2, -0.15) is 4.39 Å². The van der Waals surface area contributed by atoms with Crippen LogP contribution in [0.1, 0.15) is 26.3 Å². The van der Waals surface area contributed by atoms with Crippen molar-refractivity contribution in [1.29, 1.82) is 0 Å². The fraction of sp³-hybridized carbons (Fsp3) is 0.250. The second kappa shape index (κ2) is 8.47. The van der Waals surface area contributed by atoms with Gasteiger partial charge in [0.25, 0.3) is 0 Å². The van der Waals surface area contributed by atoms with E-state index in [0.717, 1.165) is 5.56 Å². The normalized spacial score (nSPS) is 12.2.